The van der Waals surface area contributed by atoms with Gasteiger partial charge in [-0.2, -0.15) is 0 Å². The van der Waals surface area contributed by atoms with Gasteiger partial charge in [0, 0.05) is 29.4 Å². The van der Waals surface area contributed by atoms with E-state index in [1.165, 1.54) is 37.7 Å². The standard InChI is InChI=1S/C25H36N2O4/c1-18-15-22(19(2)27(18)14-13-20-9-5-3-6-10-20)23(28)17-31-24(29)16-26-25(30)21-11-7-4-8-12-21/h9,15,21H,3-8,10-14,16-17H2,1-2H3,(H,26,30). The number of aromatic nitrogens is 1. The van der Waals surface area contributed by atoms with E-state index in [0.29, 0.717) is 5.56 Å². The topological polar surface area (TPSA) is 77.4 Å². The average Bonchev–Trinajstić information content (AvgIpc) is 3.09. The molecule has 170 valence electrons. The van der Waals surface area contributed by atoms with Gasteiger partial charge in [0.1, 0.15) is 6.54 Å². The first-order chi connectivity index (χ1) is 15.0. The van der Waals surface area contributed by atoms with Gasteiger partial charge in [0.25, 0.3) is 0 Å². The van der Waals surface area contributed by atoms with Crippen molar-refractivity contribution in [3.63, 3.8) is 0 Å². The number of nitrogens with one attached hydrogen (secondary N) is 1. The van der Waals surface area contributed by atoms with Crippen LogP contribution in [0, 0.1) is 19.8 Å². The van der Waals surface area contributed by atoms with Crippen molar-refractivity contribution in [2.45, 2.75) is 84.6 Å². The Morgan fingerprint density at radius 3 is 2.58 bits per heavy atom. The fourth-order valence-corrected chi connectivity index (χ4v) is 4.76. The Balaban J connectivity index is 1.45. The smallest absolute Gasteiger partial charge is 0.325 e. The summed E-state index contributed by atoms with van der Waals surface area (Å²) in [7, 11) is 0. The van der Waals surface area contributed by atoms with E-state index < -0.39 is 5.97 Å². The molecule has 0 aliphatic heterocycles. The van der Waals surface area contributed by atoms with Crippen LogP contribution < -0.4 is 5.32 Å². The van der Waals surface area contributed by atoms with Gasteiger partial charge in [-0.25, -0.2) is 0 Å². The lowest BCUT2D eigenvalue weighted by Gasteiger charge is -2.20. The SMILES string of the molecule is Cc1cc(C(=O)COC(=O)CNC(=O)C2CCCCC2)c(C)n1CCC1=CCCCC1. The molecule has 31 heavy (non-hydrogen) atoms. The second kappa shape index (κ2) is 11.3. The molecule has 1 aromatic rings. The number of esters is 1. The van der Waals surface area contributed by atoms with Crippen molar-refractivity contribution in [1.29, 1.82) is 0 Å². The molecule has 1 aromatic heterocycles. The molecule has 1 heterocycles. The Hall–Kier alpha value is -2.37. The number of Topliss-reactive ketones (excluding diaryl/α,β-unsaturated/α-hetero) is 1. The third-order valence-electron chi connectivity index (χ3n) is 6.66. The van der Waals surface area contributed by atoms with E-state index in [9.17, 15) is 14.4 Å². The summed E-state index contributed by atoms with van der Waals surface area (Å²) in [4.78, 5) is 36.8. The van der Waals surface area contributed by atoms with Gasteiger partial charge in [-0.1, -0.05) is 30.9 Å². The van der Waals surface area contributed by atoms with Crippen molar-refractivity contribution in [2.75, 3.05) is 13.2 Å². The molecule has 0 radical (unpaired) electrons. The molecule has 2 aliphatic rings. The van der Waals surface area contributed by atoms with Gasteiger partial charge in [0.05, 0.1) is 0 Å². The predicted octanol–water partition coefficient (Wildman–Crippen LogP) is 4.42. The Morgan fingerprint density at radius 1 is 1.10 bits per heavy atom. The highest BCUT2D eigenvalue weighted by atomic mass is 16.5. The van der Waals surface area contributed by atoms with Crippen LogP contribution in [0.15, 0.2) is 17.7 Å². The van der Waals surface area contributed by atoms with Gasteiger partial charge in [-0.3, -0.25) is 14.4 Å². The number of carbonyl (C=O) groups is 3. The average molecular weight is 429 g/mol. The molecule has 6 nitrogen and oxygen atoms in total. The van der Waals surface area contributed by atoms with E-state index in [0.717, 1.165) is 50.0 Å². The number of hydrogen-bond acceptors (Lipinski definition) is 4. The van der Waals surface area contributed by atoms with Crippen LogP contribution in [0.3, 0.4) is 0 Å². The Kier molecular flexibility index (Phi) is 8.50. The highest BCUT2D eigenvalue weighted by molar-refractivity contribution is 5.99. The van der Waals surface area contributed by atoms with E-state index in [4.69, 9.17) is 4.74 Å². The first-order valence-electron chi connectivity index (χ1n) is 11.8. The Bertz CT molecular complexity index is 831. The highest BCUT2D eigenvalue weighted by Gasteiger charge is 2.22. The first-order valence-corrected chi connectivity index (χ1v) is 11.8. The van der Waals surface area contributed by atoms with Gasteiger partial charge in [0.2, 0.25) is 11.7 Å². The molecule has 6 heteroatoms. The number of ketones is 1. The summed E-state index contributed by atoms with van der Waals surface area (Å²) in [5.74, 6) is -0.865. The maximum atomic E-state index is 12.6. The van der Waals surface area contributed by atoms with Crippen molar-refractivity contribution in [3.05, 3.63) is 34.7 Å². The molecule has 1 saturated carbocycles. The minimum atomic E-state index is -0.574. The molecule has 0 unspecified atom stereocenters. The van der Waals surface area contributed by atoms with Gasteiger partial charge in [0.15, 0.2) is 6.61 Å². The van der Waals surface area contributed by atoms with E-state index in [1.807, 2.05) is 19.9 Å². The number of allylic oxidation sites excluding steroid dienone is 2. The van der Waals surface area contributed by atoms with Gasteiger partial charge in [-0.05, 0) is 64.9 Å². The second-order valence-corrected chi connectivity index (χ2v) is 8.93. The molecule has 1 fully saturated rings. The third-order valence-corrected chi connectivity index (χ3v) is 6.66. The molecular weight excluding hydrogens is 392 g/mol. The van der Waals surface area contributed by atoms with Crippen LogP contribution in [0.2, 0.25) is 0 Å². The third kappa shape index (κ3) is 6.55. The summed E-state index contributed by atoms with van der Waals surface area (Å²) in [6, 6.07) is 1.88. The summed E-state index contributed by atoms with van der Waals surface area (Å²) in [5.41, 5.74) is 4.08. The maximum absolute atomic E-state index is 12.6. The van der Waals surface area contributed by atoms with Crippen molar-refractivity contribution < 1.29 is 19.1 Å². The number of rotatable bonds is 9. The monoisotopic (exact) mass is 428 g/mol. The minimum Gasteiger partial charge on any atom is -0.456 e. The lowest BCUT2D eigenvalue weighted by Crippen LogP contribution is -2.36. The number of carbonyl (C=O) groups excluding carboxylic acids is 3. The predicted molar refractivity (Wildman–Crippen MR) is 120 cm³/mol. The molecule has 3 rings (SSSR count). The zero-order valence-electron chi connectivity index (χ0n) is 19.0. The quantitative estimate of drug-likeness (QED) is 0.359. The van der Waals surface area contributed by atoms with Crippen LogP contribution in [-0.4, -0.2) is 35.4 Å². The molecule has 0 spiro atoms. The van der Waals surface area contributed by atoms with Crippen LogP contribution >= 0.6 is 0 Å². The van der Waals surface area contributed by atoms with E-state index >= 15 is 0 Å². The van der Waals surface area contributed by atoms with E-state index in [1.54, 1.807) is 0 Å². The molecular formula is C25H36N2O4. The molecule has 0 saturated heterocycles. The number of hydrogen-bond donors (Lipinski definition) is 1. The summed E-state index contributed by atoms with van der Waals surface area (Å²) < 4.78 is 7.31. The lowest BCUT2D eigenvalue weighted by molar-refractivity contribution is -0.143. The fourth-order valence-electron chi connectivity index (χ4n) is 4.76. The largest absolute Gasteiger partial charge is 0.456 e. The number of nitrogens with zero attached hydrogens (tertiary/aromatic N) is 1. The van der Waals surface area contributed by atoms with Crippen molar-refractivity contribution in [3.8, 4) is 0 Å². The minimum absolute atomic E-state index is 0.00190. The zero-order chi connectivity index (χ0) is 22.2. The Labute approximate surface area is 185 Å². The van der Waals surface area contributed by atoms with E-state index in [-0.39, 0.29) is 30.8 Å². The number of ether oxygens (including phenoxy) is 1. The molecule has 2 aliphatic carbocycles. The van der Waals surface area contributed by atoms with Crippen molar-refractivity contribution >= 4 is 17.7 Å². The summed E-state index contributed by atoms with van der Waals surface area (Å²) >= 11 is 0. The molecule has 0 bridgehead atoms. The van der Waals surface area contributed by atoms with Crippen LogP contribution in [0.25, 0.3) is 0 Å². The lowest BCUT2D eigenvalue weighted by atomic mass is 9.89. The molecule has 0 aromatic carbocycles. The summed E-state index contributed by atoms with van der Waals surface area (Å²) in [5, 5.41) is 2.65. The van der Waals surface area contributed by atoms with E-state index in [2.05, 4.69) is 16.0 Å². The normalized spacial score (nSPS) is 17.2. The summed E-state index contributed by atoms with van der Waals surface area (Å²) in [6.45, 7) is 4.33. The van der Waals surface area contributed by atoms with Crippen LogP contribution in [-0.2, 0) is 20.9 Å². The van der Waals surface area contributed by atoms with Crippen LogP contribution in [0.1, 0.15) is 86.0 Å². The van der Waals surface area contributed by atoms with Gasteiger partial charge >= 0.3 is 5.97 Å². The van der Waals surface area contributed by atoms with Gasteiger partial charge in [-0.15, -0.1) is 0 Å². The van der Waals surface area contributed by atoms with Crippen molar-refractivity contribution in [1.82, 2.24) is 9.88 Å². The number of amides is 1. The second-order valence-electron chi connectivity index (χ2n) is 8.93. The zero-order valence-corrected chi connectivity index (χ0v) is 19.0. The maximum Gasteiger partial charge on any atom is 0.325 e. The summed E-state index contributed by atoms with van der Waals surface area (Å²) in [6.07, 6.45) is 13.3. The highest BCUT2D eigenvalue weighted by Crippen LogP contribution is 2.24. The molecule has 1 N–H and O–H groups in total. The van der Waals surface area contributed by atoms with Crippen LogP contribution in [0.5, 0.6) is 0 Å². The first kappa shape index (κ1) is 23.3. The fraction of sp³-hybridized carbons (Fsp3) is 0.640. The Morgan fingerprint density at radius 2 is 1.87 bits per heavy atom. The molecule has 1 amide bonds. The van der Waals surface area contributed by atoms with Crippen LogP contribution in [0.4, 0.5) is 0 Å². The van der Waals surface area contributed by atoms with Crippen molar-refractivity contribution in [2.24, 2.45) is 5.92 Å². The van der Waals surface area contributed by atoms with Gasteiger partial charge < -0.3 is 14.6 Å². The molecule has 0 atom stereocenters. The number of aryl methyl sites for hydroxylation is 1.